The van der Waals surface area contributed by atoms with E-state index in [4.69, 9.17) is 0 Å². The highest BCUT2D eigenvalue weighted by Crippen LogP contribution is 2.38. The van der Waals surface area contributed by atoms with Gasteiger partial charge in [-0.05, 0) is 75.7 Å². The van der Waals surface area contributed by atoms with E-state index in [2.05, 4.69) is 25.7 Å². The zero-order valence-electron chi connectivity index (χ0n) is 20.3. The predicted molar refractivity (Wildman–Crippen MR) is 128 cm³/mol. The third-order valence-corrected chi connectivity index (χ3v) is 6.28. The number of anilines is 2. The van der Waals surface area contributed by atoms with Crippen molar-refractivity contribution in [3.05, 3.63) is 48.3 Å². The van der Waals surface area contributed by atoms with Crippen molar-refractivity contribution >= 4 is 29.3 Å². The Balaban J connectivity index is 1.61. The van der Waals surface area contributed by atoms with Gasteiger partial charge in [-0.2, -0.15) is 0 Å². The number of hydrogen-bond acceptors (Lipinski definition) is 6. The number of nitrogens with zero attached hydrogens (tertiary/aromatic N) is 3. The molecule has 3 N–H and O–H groups in total. The van der Waals surface area contributed by atoms with Gasteiger partial charge < -0.3 is 25.6 Å². The first-order chi connectivity index (χ1) is 17.5. The molecule has 13 heteroatoms. The summed E-state index contributed by atoms with van der Waals surface area (Å²) < 4.78 is 43.2. The van der Waals surface area contributed by atoms with Crippen molar-refractivity contribution in [3.63, 3.8) is 0 Å². The molecule has 2 aliphatic rings. The number of piperidine rings is 1. The van der Waals surface area contributed by atoms with E-state index in [-0.39, 0.29) is 24.0 Å². The number of urea groups is 2. The number of pyridine rings is 1. The molecular weight excluding hydrogens is 493 g/mol. The van der Waals surface area contributed by atoms with Gasteiger partial charge in [0.05, 0.1) is 11.4 Å². The topological polar surface area (TPSA) is 116 Å². The van der Waals surface area contributed by atoms with Gasteiger partial charge in [0, 0.05) is 25.0 Å². The van der Waals surface area contributed by atoms with Gasteiger partial charge in [-0.25, -0.2) is 14.5 Å². The molecular formula is C24H27F3N6O4. The van der Waals surface area contributed by atoms with Crippen molar-refractivity contribution in [3.8, 4) is 5.75 Å². The molecule has 4 rings (SSSR count). The number of aromatic nitrogens is 1. The number of ether oxygens (including phenoxy) is 1. The third-order valence-electron chi connectivity index (χ3n) is 6.28. The Labute approximate surface area is 211 Å². The van der Waals surface area contributed by atoms with E-state index in [0.29, 0.717) is 25.9 Å². The minimum Gasteiger partial charge on any atom is -0.404 e. The van der Waals surface area contributed by atoms with Gasteiger partial charge in [0.2, 0.25) is 0 Å². The minimum atomic E-state index is -5.02. The molecule has 0 saturated carbocycles. The smallest absolute Gasteiger partial charge is 0.404 e. The van der Waals surface area contributed by atoms with Gasteiger partial charge >= 0.3 is 18.4 Å². The molecule has 37 heavy (non-hydrogen) atoms. The maximum atomic E-state index is 13.3. The normalized spacial score (nSPS) is 18.2. The molecule has 2 fully saturated rings. The highest BCUT2D eigenvalue weighted by Gasteiger charge is 2.52. The standard InChI is InChI=1S/C24H27F3N6O4/c1-23(2)20(34)33(22(36)32(23)14-15-5-9-28-10-6-15)17-3-4-19(37-24(25,26)27)18(13-17)31-21(35)30-16-7-11-29-12-8-16/h3-6,9-10,13,16,29H,7-8,11-12,14H2,1-2H3,(H2,30,31,35). The predicted octanol–water partition coefficient (Wildman–Crippen LogP) is 3.60. The first-order valence-electron chi connectivity index (χ1n) is 11.7. The number of hydrogen-bond donors (Lipinski definition) is 3. The van der Waals surface area contributed by atoms with Crippen molar-refractivity contribution in [1.29, 1.82) is 0 Å². The van der Waals surface area contributed by atoms with E-state index in [1.807, 2.05) is 0 Å². The molecule has 2 aromatic rings. The Morgan fingerprint density at radius 2 is 1.84 bits per heavy atom. The summed E-state index contributed by atoms with van der Waals surface area (Å²) in [7, 11) is 0. The number of nitrogens with one attached hydrogen (secondary N) is 3. The Morgan fingerprint density at radius 1 is 1.16 bits per heavy atom. The second-order valence-electron chi connectivity index (χ2n) is 9.27. The van der Waals surface area contributed by atoms with Crippen LogP contribution in [0, 0.1) is 0 Å². The van der Waals surface area contributed by atoms with Gasteiger partial charge in [-0.15, -0.1) is 13.2 Å². The average molecular weight is 521 g/mol. The van der Waals surface area contributed by atoms with E-state index < -0.39 is 35.6 Å². The summed E-state index contributed by atoms with van der Waals surface area (Å²) in [6.45, 7) is 4.69. The highest BCUT2D eigenvalue weighted by atomic mass is 19.4. The maximum absolute atomic E-state index is 13.3. The second-order valence-corrected chi connectivity index (χ2v) is 9.27. The van der Waals surface area contributed by atoms with E-state index in [9.17, 15) is 27.6 Å². The van der Waals surface area contributed by atoms with Gasteiger partial charge in [-0.3, -0.25) is 9.78 Å². The monoisotopic (exact) mass is 520 g/mol. The van der Waals surface area contributed by atoms with Crippen LogP contribution in [0.25, 0.3) is 0 Å². The molecule has 0 atom stereocenters. The van der Waals surface area contributed by atoms with Crippen LogP contribution in [0.5, 0.6) is 5.75 Å². The van der Waals surface area contributed by atoms with Crippen LogP contribution < -0.4 is 25.6 Å². The van der Waals surface area contributed by atoms with Crippen LogP contribution in [0.2, 0.25) is 0 Å². The van der Waals surface area contributed by atoms with Crippen LogP contribution in [-0.2, 0) is 11.3 Å². The molecule has 1 aromatic heterocycles. The highest BCUT2D eigenvalue weighted by molar-refractivity contribution is 6.23. The molecule has 10 nitrogen and oxygen atoms in total. The van der Waals surface area contributed by atoms with Crippen LogP contribution in [0.1, 0.15) is 32.3 Å². The fourth-order valence-electron chi connectivity index (χ4n) is 4.28. The van der Waals surface area contributed by atoms with E-state index >= 15 is 0 Å². The zero-order chi connectivity index (χ0) is 26.8. The average Bonchev–Trinajstić information content (AvgIpc) is 3.00. The fourth-order valence-corrected chi connectivity index (χ4v) is 4.28. The van der Waals surface area contributed by atoms with Crippen LogP contribution in [-0.4, -0.2) is 58.9 Å². The van der Waals surface area contributed by atoms with Crippen molar-refractivity contribution < 1.29 is 32.3 Å². The summed E-state index contributed by atoms with van der Waals surface area (Å²) >= 11 is 0. The van der Waals surface area contributed by atoms with Gasteiger partial charge in [-0.1, -0.05) is 0 Å². The zero-order valence-corrected chi connectivity index (χ0v) is 20.3. The molecule has 5 amide bonds. The molecule has 1 aromatic carbocycles. The molecule has 0 spiro atoms. The molecule has 0 unspecified atom stereocenters. The lowest BCUT2D eigenvalue weighted by atomic mass is 10.0. The summed E-state index contributed by atoms with van der Waals surface area (Å²) in [5, 5.41) is 8.26. The van der Waals surface area contributed by atoms with Gasteiger partial charge in [0.25, 0.3) is 5.91 Å². The van der Waals surface area contributed by atoms with Gasteiger partial charge in [0.15, 0.2) is 5.75 Å². The summed E-state index contributed by atoms with van der Waals surface area (Å²) in [6, 6.07) is 5.13. The quantitative estimate of drug-likeness (QED) is 0.502. The number of carbonyl (C=O) groups excluding carboxylic acids is 3. The molecule has 2 saturated heterocycles. The van der Waals surface area contributed by atoms with Crippen molar-refractivity contribution in [2.24, 2.45) is 0 Å². The Morgan fingerprint density at radius 3 is 2.49 bits per heavy atom. The maximum Gasteiger partial charge on any atom is 0.573 e. The SMILES string of the molecule is CC1(C)C(=O)N(c2ccc(OC(F)(F)F)c(NC(=O)NC3CCNCC3)c2)C(=O)N1Cc1ccncc1. The number of carbonyl (C=O) groups is 3. The van der Waals surface area contributed by atoms with Crippen LogP contribution in [0.4, 0.5) is 34.1 Å². The number of imide groups is 1. The lowest BCUT2D eigenvalue weighted by molar-refractivity contribution is -0.274. The fraction of sp³-hybridized carbons (Fsp3) is 0.417. The van der Waals surface area contributed by atoms with Crippen molar-refractivity contribution in [2.75, 3.05) is 23.3 Å². The molecule has 198 valence electrons. The Kier molecular flexibility index (Phi) is 7.25. The van der Waals surface area contributed by atoms with E-state index in [1.54, 1.807) is 38.4 Å². The van der Waals surface area contributed by atoms with Crippen molar-refractivity contribution in [1.82, 2.24) is 20.5 Å². The summed E-state index contributed by atoms with van der Waals surface area (Å²) in [5.74, 6) is -1.25. The number of alkyl halides is 3. The summed E-state index contributed by atoms with van der Waals surface area (Å²) in [4.78, 5) is 45.4. The number of amides is 5. The largest absolute Gasteiger partial charge is 0.573 e. The van der Waals surface area contributed by atoms with Crippen LogP contribution in [0.15, 0.2) is 42.7 Å². The Bertz CT molecular complexity index is 1170. The molecule has 2 aliphatic heterocycles. The number of benzene rings is 1. The molecule has 0 aliphatic carbocycles. The first kappa shape index (κ1) is 26.2. The van der Waals surface area contributed by atoms with Crippen LogP contribution in [0.3, 0.4) is 0 Å². The van der Waals surface area contributed by atoms with E-state index in [1.165, 1.54) is 11.0 Å². The summed E-state index contributed by atoms with van der Waals surface area (Å²) in [6.07, 6.45) is -0.563. The van der Waals surface area contributed by atoms with Gasteiger partial charge in [0.1, 0.15) is 5.54 Å². The molecule has 0 bridgehead atoms. The second kappa shape index (κ2) is 10.2. The first-order valence-corrected chi connectivity index (χ1v) is 11.7. The third kappa shape index (κ3) is 5.93. The molecule has 3 heterocycles. The van der Waals surface area contributed by atoms with Crippen molar-refractivity contribution in [2.45, 2.75) is 51.2 Å². The molecule has 0 radical (unpaired) electrons. The van der Waals surface area contributed by atoms with Crippen LogP contribution >= 0.6 is 0 Å². The lowest BCUT2D eigenvalue weighted by Crippen LogP contribution is -2.44. The summed E-state index contributed by atoms with van der Waals surface area (Å²) in [5.41, 5.74) is -0.835. The number of rotatable bonds is 6. The number of halogens is 3. The minimum absolute atomic E-state index is 0.00741. The lowest BCUT2D eigenvalue weighted by Gasteiger charge is -2.27. The van der Waals surface area contributed by atoms with E-state index in [0.717, 1.165) is 22.6 Å². The Hall–Kier alpha value is -3.87.